The van der Waals surface area contributed by atoms with Crippen molar-refractivity contribution < 1.29 is 18.9 Å². The Morgan fingerprint density at radius 3 is 0.942 bits per heavy atom. The van der Waals surface area contributed by atoms with Crippen molar-refractivity contribution in [1.82, 2.24) is 9.13 Å². The molecular weight excluding hydrogens is 652 g/mol. The molecule has 8 heteroatoms. The monoisotopic (exact) mass is 698 g/mol. The molecule has 0 spiro atoms. The third-order valence-electron chi connectivity index (χ3n) is 9.64. The molecule has 2 aromatic heterocycles. The average molecular weight is 699 g/mol. The Morgan fingerprint density at radius 2 is 0.692 bits per heavy atom. The van der Waals surface area contributed by atoms with Crippen LogP contribution in [-0.4, -0.2) is 37.6 Å². The van der Waals surface area contributed by atoms with Gasteiger partial charge in [0.15, 0.2) is 0 Å². The minimum absolute atomic E-state index is 0.216. The predicted molar refractivity (Wildman–Crippen MR) is 210 cm³/mol. The molecule has 0 fully saturated rings. The van der Waals surface area contributed by atoms with E-state index in [-0.39, 0.29) is 11.1 Å². The van der Waals surface area contributed by atoms with Crippen molar-refractivity contribution in [3.8, 4) is 67.8 Å². The van der Waals surface area contributed by atoms with Gasteiger partial charge < -0.3 is 28.1 Å². The number of benzene rings is 4. The first kappa shape index (κ1) is 36.0. The molecule has 268 valence electrons. The minimum Gasteiger partial charge on any atom is -0.497 e. The molecule has 0 saturated carbocycles. The highest BCUT2D eigenvalue weighted by Gasteiger charge is 2.29. The van der Waals surface area contributed by atoms with Crippen LogP contribution in [0.1, 0.15) is 39.5 Å². The molecule has 0 aliphatic heterocycles. The third kappa shape index (κ3) is 6.81. The maximum atomic E-state index is 15.4. The van der Waals surface area contributed by atoms with Gasteiger partial charge >= 0.3 is 0 Å². The van der Waals surface area contributed by atoms with Gasteiger partial charge in [-0.05, 0) is 108 Å². The van der Waals surface area contributed by atoms with E-state index in [4.69, 9.17) is 18.9 Å². The van der Waals surface area contributed by atoms with Gasteiger partial charge in [-0.1, -0.05) is 51.0 Å². The third-order valence-corrected chi connectivity index (χ3v) is 9.64. The van der Waals surface area contributed by atoms with E-state index in [1.54, 1.807) is 28.4 Å². The molecule has 0 amide bonds. The minimum atomic E-state index is -0.216. The zero-order valence-electron chi connectivity index (χ0n) is 30.8. The molecule has 0 aliphatic rings. The van der Waals surface area contributed by atoms with Gasteiger partial charge in [0.05, 0.1) is 50.6 Å². The summed E-state index contributed by atoms with van der Waals surface area (Å²) in [4.78, 5) is 30.9. The maximum Gasteiger partial charge on any atom is 0.259 e. The molecule has 6 rings (SSSR count). The number of nitrogens with zero attached hydrogens (tertiary/aromatic N) is 2. The summed E-state index contributed by atoms with van der Waals surface area (Å²) in [6, 6.07) is 30.8. The highest BCUT2D eigenvalue weighted by molar-refractivity contribution is 6.10. The van der Waals surface area contributed by atoms with Crippen molar-refractivity contribution in [2.45, 2.75) is 52.6 Å². The van der Waals surface area contributed by atoms with Crippen LogP contribution >= 0.6 is 0 Å². The number of pyridine rings is 2. The molecule has 0 radical (unpaired) electrons. The number of methoxy groups -OCH3 is 4. The van der Waals surface area contributed by atoms with Crippen LogP contribution < -0.4 is 30.1 Å². The van der Waals surface area contributed by atoms with Gasteiger partial charge in [-0.15, -0.1) is 0 Å². The fourth-order valence-electron chi connectivity index (χ4n) is 6.89. The number of hydrogen-bond donors (Lipinski definition) is 0. The Morgan fingerprint density at radius 1 is 0.423 bits per heavy atom. The zero-order chi connectivity index (χ0) is 36.8. The van der Waals surface area contributed by atoms with Gasteiger partial charge in [0, 0.05) is 24.2 Å². The number of hydrogen-bond acceptors (Lipinski definition) is 6. The molecule has 0 aliphatic carbocycles. The van der Waals surface area contributed by atoms with E-state index < -0.39 is 0 Å². The van der Waals surface area contributed by atoms with E-state index >= 15 is 9.59 Å². The first-order valence-electron chi connectivity index (χ1n) is 17.8. The number of aromatic nitrogens is 2. The molecule has 52 heavy (non-hydrogen) atoms. The molecule has 0 unspecified atom stereocenters. The second kappa shape index (κ2) is 16.1. The van der Waals surface area contributed by atoms with E-state index in [1.165, 1.54) is 0 Å². The molecule has 8 nitrogen and oxygen atoms in total. The van der Waals surface area contributed by atoms with E-state index in [0.29, 0.717) is 69.4 Å². The van der Waals surface area contributed by atoms with Crippen LogP contribution in [0.5, 0.6) is 23.0 Å². The normalized spacial score (nSPS) is 11.1. The fourth-order valence-corrected chi connectivity index (χ4v) is 6.89. The summed E-state index contributed by atoms with van der Waals surface area (Å²) in [7, 11) is 6.52. The van der Waals surface area contributed by atoms with E-state index in [0.717, 1.165) is 47.9 Å². The van der Waals surface area contributed by atoms with E-state index in [2.05, 4.69) is 13.8 Å². The Kier molecular flexibility index (Phi) is 11.1. The summed E-state index contributed by atoms with van der Waals surface area (Å²) in [5.41, 5.74) is 5.58. The summed E-state index contributed by atoms with van der Waals surface area (Å²) in [5, 5.41) is 0.765. The molecule has 0 bridgehead atoms. The number of fused-ring (bicyclic) bond motifs is 1. The van der Waals surface area contributed by atoms with Crippen molar-refractivity contribution in [1.29, 1.82) is 0 Å². The highest BCUT2D eigenvalue weighted by atomic mass is 16.5. The molecule has 2 heterocycles. The zero-order valence-corrected chi connectivity index (χ0v) is 30.8. The topological polar surface area (TPSA) is 80.9 Å². The lowest BCUT2D eigenvalue weighted by atomic mass is 9.88. The highest BCUT2D eigenvalue weighted by Crippen LogP contribution is 2.43. The maximum absolute atomic E-state index is 15.4. The standard InChI is InChI=1S/C44H46N2O6/c1-7-9-27-45-41(31-15-23-35(51-5)24-16-31)37(29-11-19-33(49-3)20-12-29)40-39(43(45)47)38(30-13-21-34(50-4)22-14-30)42(46(44(40)48)28-10-8-2)32-17-25-36(52-6)26-18-32/h11-26H,7-10,27-28H2,1-6H3. The molecule has 6 aromatic rings. The van der Waals surface area contributed by atoms with Crippen LogP contribution in [0.4, 0.5) is 0 Å². The van der Waals surface area contributed by atoms with Gasteiger partial charge in [0.25, 0.3) is 11.1 Å². The first-order chi connectivity index (χ1) is 25.4. The lowest BCUT2D eigenvalue weighted by Gasteiger charge is -2.25. The van der Waals surface area contributed by atoms with Crippen molar-refractivity contribution in [2.24, 2.45) is 0 Å². The summed E-state index contributed by atoms with van der Waals surface area (Å²) in [6.45, 7) is 5.16. The molecule has 0 saturated heterocycles. The van der Waals surface area contributed by atoms with Crippen LogP contribution in [-0.2, 0) is 13.1 Å². The van der Waals surface area contributed by atoms with Crippen LogP contribution in [0.15, 0.2) is 107 Å². The lowest BCUT2D eigenvalue weighted by molar-refractivity contribution is 0.414. The predicted octanol–water partition coefficient (Wildman–Crippen LogP) is 9.47. The van der Waals surface area contributed by atoms with Crippen LogP contribution in [0, 0.1) is 0 Å². The Labute approximate surface area is 304 Å². The number of rotatable bonds is 14. The van der Waals surface area contributed by atoms with Gasteiger partial charge in [0.2, 0.25) is 0 Å². The van der Waals surface area contributed by atoms with Crippen molar-refractivity contribution in [3.05, 3.63) is 118 Å². The Balaban J connectivity index is 1.91. The van der Waals surface area contributed by atoms with Crippen molar-refractivity contribution in [3.63, 3.8) is 0 Å². The average Bonchev–Trinajstić information content (AvgIpc) is 3.20. The second-order valence-electron chi connectivity index (χ2n) is 12.7. The van der Waals surface area contributed by atoms with Crippen LogP contribution in [0.25, 0.3) is 55.5 Å². The molecule has 4 aromatic carbocycles. The SMILES string of the molecule is CCCCn1c(-c2ccc(OC)cc2)c(-c2ccc(OC)cc2)c2c(=O)n(CCCC)c(-c3ccc(OC)cc3)c(-c3ccc(OC)cc3)c2c1=O. The molecule has 0 N–H and O–H groups in total. The van der Waals surface area contributed by atoms with E-state index in [1.807, 2.05) is 106 Å². The number of ether oxygens (including phenoxy) is 4. The van der Waals surface area contributed by atoms with Gasteiger partial charge in [-0.2, -0.15) is 0 Å². The molecular formula is C44H46N2O6. The second-order valence-corrected chi connectivity index (χ2v) is 12.7. The Hall–Kier alpha value is -5.76. The van der Waals surface area contributed by atoms with Crippen molar-refractivity contribution >= 4 is 10.8 Å². The van der Waals surface area contributed by atoms with Gasteiger partial charge in [0.1, 0.15) is 23.0 Å². The first-order valence-corrected chi connectivity index (χ1v) is 17.8. The van der Waals surface area contributed by atoms with Gasteiger partial charge in [-0.3, -0.25) is 9.59 Å². The lowest BCUT2D eigenvalue weighted by Crippen LogP contribution is -2.30. The fraction of sp³-hybridized carbons (Fsp3) is 0.273. The molecule has 0 atom stereocenters. The van der Waals surface area contributed by atoms with Gasteiger partial charge in [-0.25, -0.2) is 0 Å². The Bertz CT molecular complexity index is 2100. The summed E-state index contributed by atoms with van der Waals surface area (Å²) in [6.07, 6.45) is 3.30. The smallest absolute Gasteiger partial charge is 0.259 e. The van der Waals surface area contributed by atoms with Crippen LogP contribution in [0.2, 0.25) is 0 Å². The summed E-state index contributed by atoms with van der Waals surface area (Å²) >= 11 is 0. The van der Waals surface area contributed by atoms with E-state index in [9.17, 15) is 0 Å². The van der Waals surface area contributed by atoms with Crippen molar-refractivity contribution in [2.75, 3.05) is 28.4 Å². The number of unbranched alkanes of at least 4 members (excludes halogenated alkanes) is 2. The summed E-state index contributed by atoms with van der Waals surface area (Å²) in [5.74, 6) is 2.79. The van der Waals surface area contributed by atoms with Crippen LogP contribution in [0.3, 0.4) is 0 Å². The summed E-state index contributed by atoms with van der Waals surface area (Å²) < 4.78 is 25.8. The quantitative estimate of drug-likeness (QED) is 0.113. The largest absolute Gasteiger partial charge is 0.497 e.